The Kier molecular flexibility index (Phi) is 4.41. The highest BCUT2D eigenvalue weighted by Gasteiger charge is 2.54. The minimum Gasteiger partial charge on any atom is -0.324 e. The zero-order chi connectivity index (χ0) is 19.9. The molecule has 144 valence electrons. The van der Waals surface area contributed by atoms with E-state index in [1.165, 1.54) is 0 Å². The summed E-state index contributed by atoms with van der Waals surface area (Å²) in [6.45, 7) is 3.58. The van der Waals surface area contributed by atoms with E-state index in [0.29, 0.717) is 12.1 Å². The number of carbonyl (C=O) groups excluding carboxylic acids is 3. The molecular weight excluding hydrogens is 354 g/mol. The van der Waals surface area contributed by atoms with E-state index < -0.39 is 17.5 Å². The first-order valence-electron chi connectivity index (χ1n) is 9.51. The zero-order valence-electron chi connectivity index (χ0n) is 16.0. The number of carbonyl (C=O) groups is 3. The minimum atomic E-state index is -1.05. The molecule has 0 saturated carbocycles. The fourth-order valence-corrected chi connectivity index (χ4v) is 4.17. The third-order valence-electron chi connectivity index (χ3n) is 5.83. The Morgan fingerprint density at radius 2 is 1.93 bits per heavy atom. The standard InChI is InChI=1S/C22H23N3O3/c1-14-7-5-11-18(15(14)2)23-19(26)13-25-20(27)22(24-21(25)28)12-6-9-16-8-3-4-10-17(16)22/h3-5,7-8,10-11H,6,9,12-13H2,1-2H3,(H,23,26)(H,24,28). The van der Waals surface area contributed by atoms with E-state index in [9.17, 15) is 14.4 Å². The van der Waals surface area contributed by atoms with Crippen LogP contribution in [-0.2, 0) is 21.5 Å². The van der Waals surface area contributed by atoms with E-state index in [0.717, 1.165) is 40.0 Å². The second-order valence-electron chi connectivity index (χ2n) is 7.53. The number of hydrogen-bond donors (Lipinski definition) is 2. The average molecular weight is 377 g/mol. The molecule has 1 aliphatic heterocycles. The van der Waals surface area contributed by atoms with Crippen molar-refractivity contribution in [3.8, 4) is 0 Å². The predicted octanol–water partition coefficient (Wildman–Crippen LogP) is 3.03. The lowest BCUT2D eigenvalue weighted by atomic mass is 9.76. The SMILES string of the molecule is Cc1cccc(NC(=O)CN2C(=O)NC3(CCCc4ccccc43)C2=O)c1C. The van der Waals surface area contributed by atoms with Crippen molar-refractivity contribution in [1.82, 2.24) is 10.2 Å². The van der Waals surface area contributed by atoms with Crippen LogP contribution < -0.4 is 10.6 Å². The van der Waals surface area contributed by atoms with Crippen LogP contribution in [0.4, 0.5) is 10.5 Å². The van der Waals surface area contributed by atoms with E-state index in [1.54, 1.807) is 0 Å². The van der Waals surface area contributed by atoms with Crippen molar-refractivity contribution < 1.29 is 14.4 Å². The number of fused-ring (bicyclic) bond motifs is 2. The van der Waals surface area contributed by atoms with Gasteiger partial charge in [-0.05, 0) is 61.4 Å². The third-order valence-corrected chi connectivity index (χ3v) is 5.83. The Balaban J connectivity index is 1.56. The summed E-state index contributed by atoms with van der Waals surface area (Å²) in [5.41, 5.74) is 3.58. The lowest BCUT2D eigenvalue weighted by Crippen LogP contribution is -2.47. The number of urea groups is 1. The average Bonchev–Trinajstić information content (AvgIpc) is 2.91. The number of hydrogen-bond acceptors (Lipinski definition) is 3. The molecule has 2 N–H and O–H groups in total. The van der Waals surface area contributed by atoms with Crippen LogP contribution in [0.5, 0.6) is 0 Å². The highest BCUT2D eigenvalue weighted by molar-refractivity contribution is 6.10. The van der Waals surface area contributed by atoms with Gasteiger partial charge in [0.15, 0.2) is 0 Å². The van der Waals surface area contributed by atoms with Crippen molar-refractivity contribution >= 4 is 23.5 Å². The van der Waals surface area contributed by atoms with E-state index in [2.05, 4.69) is 10.6 Å². The molecule has 28 heavy (non-hydrogen) atoms. The molecule has 1 saturated heterocycles. The summed E-state index contributed by atoms with van der Waals surface area (Å²) in [6, 6.07) is 12.8. The van der Waals surface area contributed by atoms with Gasteiger partial charge in [0.2, 0.25) is 5.91 Å². The molecule has 0 aromatic heterocycles. The van der Waals surface area contributed by atoms with Gasteiger partial charge in [0.1, 0.15) is 12.1 Å². The van der Waals surface area contributed by atoms with Crippen LogP contribution in [0.3, 0.4) is 0 Å². The summed E-state index contributed by atoms with van der Waals surface area (Å²) < 4.78 is 0. The van der Waals surface area contributed by atoms with E-state index in [1.807, 2.05) is 56.3 Å². The van der Waals surface area contributed by atoms with Gasteiger partial charge in [-0.25, -0.2) is 4.79 Å². The van der Waals surface area contributed by atoms with Crippen molar-refractivity contribution in [1.29, 1.82) is 0 Å². The quantitative estimate of drug-likeness (QED) is 0.807. The lowest BCUT2D eigenvalue weighted by molar-refractivity contribution is -0.134. The van der Waals surface area contributed by atoms with Crippen molar-refractivity contribution in [3.63, 3.8) is 0 Å². The van der Waals surface area contributed by atoms with Crippen LogP contribution in [-0.4, -0.2) is 29.3 Å². The monoisotopic (exact) mass is 377 g/mol. The maximum absolute atomic E-state index is 13.2. The first-order chi connectivity index (χ1) is 13.4. The van der Waals surface area contributed by atoms with Gasteiger partial charge in [-0.15, -0.1) is 0 Å². The maximum atomic E-state index is 13.2. The van der Waals surface area contributed by atoms with Crippen LogP contribution in [0.15, 0.2) is 42.5 Å². The molecule has 1 atom stereocenters. The van der Waals surface area contributed by atoms with Gasteiger partial charge >= 0.3 is 6.03 Å². The molecule has 6 heteroatoms. The Hall–Kier alpha value is -3.15. The molecule has 1 aliphatic carbocycles. The lowest BCUT2D eigenvalue weighted by Gasteiger charge is -2.33. The minimum absolute atomic E-state index is 0.304. The second kappa shape index (κ2) is 6.78. The van der Waals surface area contributed by atoms with Crippen LogP contribution in [0, 0.1) is 13.8 Å². The molecule has 1 heterocycles. The Morgan fingerprint density at radius 1 is 1.14 bits per heavy atom. The molecule has 1 spiro atoms. The molecule has 0 bridgehead atoms. The van der Waals surface area contributed by atoms with Crippen LogP contribution in [0.1, 0.15) is 35.1 Å². The molecule has 1 unspecified atom stereocenters. The summed E-state index contributed by atoms with van der Waals surface area (Å²) in [7, 11) is 0. The molecule has 4 amide bonds. The first-order valence-corrected chi connectivity index (χ1v) is 9.51. The molecule has 2 aromatic carbocycles. The van der Waals surface area contributed by atoms with Crippen molar-refractivity contribution in [3.05, 3.63) is 64.7 Å². The van der Waals surface area contributed by atoms with Crippen molar-refractivity contribution in [2.45, 2.75) is 38.6 Å². The van der Waals surface area contributed by atoms with Gasteiger partial charge in [0.05, 0.1) is 0 Å². The summed E-state index contributed by atoms with van der Waals surface area (Å²) in [5.74, 6) is -0.737. The highest BCUT2D eigenvalue weighted by atomic mass is 16.2. The molecular formula is C22H23N3O3. The number of nitrogens with one attached hydrogen (secondary N) is 2. The van der Waals surface area contributed by atoms with Gasteiger partial charge in [0.25, 0.3) is 5.91 Å². The largest absolute Gasteiger partial charge is 0.325 e. The molecule has 2 aromatic rings. The van der Waals surface area contributed by atoms with E-state index in [4.69, 9.17) is 0 Å². The smallest absolute Gasteiger partial charge is 0.324 e. The fraction of sp³-hybridized carbons (Fsp3) is 0.318. The number of rotatable bonds is 3. The molecule has 0 radical (unpaired) electrons. The highest BCUT2D eigenvalue weighted by Crippen LogP contribution is 2.39. The normalized spacial score (nSPS) is 20.9. The van der Waals surface area contributed by atoms with Crippen LogP contribution >= 0.6 is 0 Å². The van der Waals surface area contributed by atoms with Gasteiger partial charge in [0, 0.05) is 5.69 Å². The first kappa shape index (κ1) is 18.2. The number of nitrogens with zero attached hydrogens (tertiary/aromatic N) is 1. The second-order valence-corrected chi connectivity index (χ2v) is 7.53. The Morgan fingerprint density at radius 3 is 2.75 bits per heavy atom. The predicted molar refractivity (Wildman–Crippen MR) is 106 cm³/mol. The summed E-state index contributed by atoms with van der Waals surface area (Å²) in [5, 5.41) is 5.69. The molecule has 6 nitrogen and oxygen atoms in total. The number of amides is 4. The van der Waals surface area contributed by atoms with Gasteiger partial charge < -0.3 is 10.6 Å². The van der Waals surface area contributed by atoms with Gasteiger partial charge in [-0.1, -0.05) is 36.4 Å². The topological polar surface area (TPSA) is 78.5 Å². The number of imide groups is 1. The summed E-state index contributed by atoms with van der Waals surface area (Å²) in [6.07, 6.45) is 2.24. The van der Waals surface area contributed by atoms with E-state index >= 15 is 0 Å². The summed E-state index contributed by atoms with van der Waals surface area (Å²) >= 11 is 0. The number of benzene rings is 2. The Bertz CT molecular complexity index is 985. The van der Waals surface area contributed by atoms with Crippen LogP contribution in [0.2, 0.25) is 0 Å². The molecule has 1 fully saturated rings. The number of aryl methyl sites for hydroxylation is 2. The maximum Gasteiger partial charge on any atom is 0.325 e. The molecule has 4 rings (SSSR count). The van der Waals surface area contributed by atoms with Gasteiger partial charge in [-0.3, -0.25) is 14.5 Å². The molecule has 2 aliphatic rings. The van der Waals surface area contributed by atoms with Crippen LogP contribution in [0.25, 0.3) is 0 Å². The third kappa shape index (κ3) is 2.85. The van der Waals surface area contributed by atoms with Crippen molar-refractivity contribution in [2.75, 3.05) is 11.9 Å². The zero-order valence-corrected chi connectivity index (χ0v) is 16.0. The number of anilines is 1. The van der Waals surface area contributed by atoms with Crippen molar-refractivity contribution in [2.24, 2.45) is 0 Å². The fourth-order valence-electron chi connectivity index (χ4n) is 4.17. The summed E-state index contributed by atoms with van der Waals surface area (Å²) in [4.78, 5) is 39.4. The Labute approximate surface area is 163 Å². The van der Waals surface area contributed by atoms with Gasteiger partial charge in [-0.2, -0.15) is 0 Å². The van der Waals surface area contributed by atoms with E-state index in [-0.39, 0.29) is 12.5 Å².